The van der Waals surface area contributed by atoms with Crippen molar-refractivity contribution in [3.63, 3.8) is 0 Å². The first-order valence-electron chi connectivity index (χ1n) is 7.55. The number of nitrogens with one attached hydrogen (secondary N) is 2. The first-order chi connectivity index (χ1) is 11.2. The lowest BCUT2D eigenvalue weighted by Gasteiger charge is -2.16. The molecule has 120 valence electrons. The van der Waals surface area contributed by atoms with Crippen LogP contribution >= 0.6 is 12.2 Å². The largest absolute Gasteiger partial charge is 0.497 e. The molecule has 0 aliphatic heterocycles. The molecule has 0 amide bonds. The highest BCUT2D eigenvalue weighted by Gasteiger charge is 2.21. The molecule has 0 saturated carbocycles. The van der Waals surface area contributed by atoms with Crippen molar-refractivity contribution in [2.24, 2.45) is 0 Å². The van der Waals surface area contributed by atoms with E-state index in [2.05, 4.69) is 34.9 Å². The monoisotopic (exact) mass is 328 g/mol. The molecule has 23 heavy (non-hydrogen) atoms. The van der Waals surface area contributed by atoms with Gasteiger partial charge in [-0.3, -0.25) is 0 Å². The highest BCUT2D eigenvalue weighted by Crippen LogP contribution is 2.26. The Morgan fingerprint density at radius 3 is 2.09 bits per heavy atom. The normalized spacial score (nSPS) is 13.3. The summed E-state index contributed by atoms with van der Waals surface area (Å²) in [5, 5.41) is 7.20. The molecule has 0 atom stereocenters. The fourth-order valence-electron chi connectivity index (χ4n) is 2.89. The summed E-state index contributed by atoms with van der Waals surface area (Å²) in [4.78, 5) is 0. The van der Waals surface area contributed by atoms with Crippen LogP contribution in [0, 0.1) is 0 Å². The van der Waals surface area contributed by atoms with Crippen LogP contribution in [0.2, 0.25) is 0 Å². The molecule has 0 saturated heterocycles. The van der Waals surface area contributed by atoms with Crippen LogP contribution in [0.4, 0.5) is 5.69 Å². The number of rotatable bonds is 4. The van der Waals surface area contributed by atoms with E-state index in [-0.39, 0.29) is 0 Å². The topological polar surface area (TPSA) is 42.5 Å². The average molecular weight is 328 g/mol. The minimum Gasteiger partial charge on any atom is -0.497 e. The summed E-state index contributed by atoms with van der Waals surface area (Å²) in [6, 6.07) is 14.5. The number of hydrogen-bond donors (Lipinski definition) is 2. The van der Waals surface area contributed by atoms with Gasteiger partial charge >= 0.3 is 0 Å². The van der Waals surface area contributed by atoms with Crippen molar-refractivity contribution in [3.8, 4) is 11.5 Å². The van der Waals surface area contributed by atoms with Crippen molar-refractivity contribution < 1.29 is 9.47 Å². The first-order valence-corrected chi connectivity index (χ1v) is 7.96. The second kappa shape index (κ2) is 6.87. The Morgan fingerprint density at radius 2 is 1.57 bits per heavy atom. The molecule has 0 heterocycles. The Morgan fingerprint density at radius 1 is 1.00 bits per heavy atom. The van der Waals surface area contributed by atoms with E-state index in [0.717, 1.165) is 30.0 Å². The number of benzene rings is 2. The standard InChI is InChI=1S/C18H20N2O2S/c1-21-16-9-15(10-17(11-16)22-2)20-18(23)19-14-7-12-5-3-4-6-13(12)8-14/h3-6,9-11,14H,7-8H2,1-2H3,(H2,19,20,23). The zero-order valence-corrected chi connectivity index (χ0v) is 14.1. The predicted molar refractivity (Wildman–Crippen MR) is 96.5 cm³/mol. The number of methoxy groups -OCH3 is 2. The predicted octanol–water partition coefficient (Wildman–Crippen LogP) is 3.16. The van der Waals surface area contributed by atoms with E-state index < -0.39 is 0 Å². The quantitative estimate of drug-likeness (QED) is 0.844. The molecular weight excluding hydrogens is 308 g/mol. The van der Waals surface area contributed by atoms with Crippen LogP contribution in [-0.2, 0) is 12.8 Å². The summed E-state index contributed by atoms with van der Waals surface area (Å²) in [6.07, 6.45) is 2.00. The third-order valence-corrected chi connectivity index (χ3v) is 4.22. The minimum absolute atomic E-state index is 0.333. The zero-order valence-electron chi connectivity index (χ0n) is 13.3. The first kappa shape index (κ1) is 15.6. The van der Waals surface area contributed by atoms with E-state index >= 15 is 0 Å². The van der Waals surface area contributed by atoms with Crippen LogP contribution in [0.5, 0.6) is 11.5 Å². The van der Waals surface area contributed by atoms with E-state index in [4.69, 9.17) is 21.7 Å². The Hall–Kier alpha value is -2.27. The fourth-order valence-corrected chi connectivity index (χ4v) is 3.18. The molecule has 3 rings (SSSR count). The van der Waals surface area contributed by atoms with E-state index in [1.54, 1.807) is 14.2 Å². The maximum Gasteiger partial charge on any atom is 0.171 e. The summed E-state index contributed by atoms with van der Waals surface area (Å²) < 4.78 is 10.5. The van der Waals surface area contributed by atoms with Gasteiger partial charge in [-0.25, -0.2) is 0 Å². The van der Waals surface area contributed by atoms with Gasteiger partial charge in [0.1, 0.15) is 11.5 Å². The number of anilines is 1. The Balaban J connectivity index is 1.62. The second-order valence-corrected chi connectivity index (χ2v) is 5.98. The molecule has 0 bridgehead atoms. The number of thiocarbonyl (C=S) groups is 1. The van der Waals surface area contributed by atoms with Gasteiger partial charge in [0.2, 0.25) is 0 Å². The SMILES string of the molecule is COc1cc(NC(=S)NC2Cc3ccccc3C2)cc(OC)c1. The Bertz CT molecular complexity index is 671. The highest BCUT2D eigenvalue weighted by molar-refractivity contribution is 7.80. The van der Waals surface area contributed by atoms with Crippen LogP contribution in [0.3, 0.4) is 0 Å². The summed E-state index contributed by atoms with van der Waals surface area (Å²) in [5.41, 5.74) is 3.64. The Labute approximate surface area is 141 Å². The van der Waals surface area contributed by atoms with Crippen LogP contribution in [0.15, 0.2) is 42.5 Å². The van der Waals surface area contributed by atoms with Crippen LogP contribution in [0.1, 0.15) is 11.1 Å². The molecule has 5 heteroatoms. The van der Waals surface area contributed by atoms with E-state index in [1.807, 2.05) is 18.2 Å². The smallest absolute Gasteiger partial charge is 0.171 e. The average Bonchev–Trinajstić information content (AvgIpc) is 2.96. The summed E-state index contributed by atoms with van der Waals surface area (Å²) in [6.45, 7) is 0. The van der Waals surface area contributed by atoms with Crippen molar-refractivity contribution >= 4 is 23.0 Å². The molecule has 2 aromatic rings. The molecular formula is C18H20N2O2S. The molecule has 2 aromatic carbocycles. The van der Waals surface area contributed by atoms with Gasteiger partial charge in [-0.1, -0.05) is 24.3 Å². The molecule has 1 aliphatic carbocycles. The third-order valence-electron chi connectivity index (χ3n) is 4.00. The summed E-state index contributed by atoms with van der Waals surface area (Å²) in [5.74, 6) is 1.45. The molecule has 0 fully saturated rings. The maximum absolute atomic E-state index is 5.44. The van der Waals surface area contributed by atoms with Crippen LogP contribution in [-0.4, -0.2) is 25.4 Å². The van der Waals surface area contributed by atoms with Crippen molar-refractivity contribution in [2.45, 2.75) is 18.9 Å². The van der Waals surface area contributed by atoms with E-state index in [1.165, 1.54) is 11.1 Å². The van der Waals surface area contributed by atoms with E-state index in [0.29, 0.717) is 11.2 Å². The van der Waals surface area contributed by atoms with Gasteiger partial charge in [0.25, 0.3) is 0 Å². The molecule has 2 N–H and O–H groups in total. The summed E-state index contributed by atoms with van der Waals surface area (Å²) >= 11 is 5.44. The van der Waals surface area contributed by atoms with Crippen LogP contribution in [0.25, 0.3) is 0 Å². The lowest BCUT2D eigenvalue weighted by Crippen LogP contribution is -2.38. The van der Waals surface area contributed by atoms with Gasteiger partial charge < -0.3 is 20.1 Å². The van der Waals surface area contributed by atoms with Gasteiger partial charge in [-0.15, -0.1) is 0 Å². The molecule has 0 radical (unpaired) electrons. The third kappa shape index (κ3) is 3.74. The Kier molecular flexibility index (Phi) is 4.67. The highest BCUT2D eigenvalue weighted by atomic mass is 32.1. The lowest BCUT2D eigenvalue weighted by molar-refractivity contribution is 0.395. The fraction of sp³-hybridized carbons (Fsp3) is 0.278. The van der Waals surface area contributed by atoms with Gasteiger partial charge in [0, 0.05) is 29.9 Å². The van der Waals surface area contributed by atoms with Crippen molar-refractivity contribution in [3.05, 3.63) is 53.6 Å². The van der Waals surface area contributed by atoms with Crippen LogP contribution < -0.4 is 20.1 Å². The van der Waals surface area contributed by atoms with Gasteiger partial charge in [0.15, 0.2) is 5.11 Å². The minimum atomic E-state index is 0.333. The summed E-state index contributed by atoms with van der Waals surface area (Å²) in [7, 11) is 3.26. The molecule has 4 nitrogen and oxygen atoms in total. The zero-order chi connectivity index (χ0) is 16.2. The van der Waals surface area contributed by atoms with Crippen molar-refractivity contribution in [1.29, 1.82) is 0 Å². The second-order valence-electron chi connectivity index (χ2n) is 5.57. The van der Waals surface area contributed by atoms with Gasteiger partial charge in [-0.05, 0) is 36.2 Å². The van der Waals surface area contributed by atoms with Crippen molar-refractivity contribution in [1.82, 2.24) is 5.32 Å². The number of fused-ring (bicyclic) bond motifs is 1. The number of hydrogen-bond acceptors (Lipinski definition) is 3. The lowest BCUT2D eigenvalue weighted by atomic mass is 10.1. The molecule has 0 unspecified atom stereocenters. The van der Waals surface area contributed by atoms with Crippen molar-refractivity contribution in [2.75, 3.05) is 19.5 Å². The molecule has 1 aliphatic rings. The number of ether oxygens (including phenoxy) is 2. The van der Waals surface area contributed by atoms with Gasteiger partial charge in [-0.2, -0.15) is 0 Å². The molecule has 0 aromatic heterocycles. The maximum atomic E-state index is 5.44. The van der Waals surface area contributed by atoms with Gasteiger partial charge in [0.05, 0.1) is 14.2 Å². The van der Waals surface area contributed by atoms with E-state index in [9.17, 15) is 0 Å². The molecule has 0 spiro atoms.